The Kier molecular flexibility index (Phi) is 4.20. The first kappa shape index (κ1) is 14.3. The zero-order chi connectivity index (χ0) is 14.7. The Morgan fingerprint density at radius 3 is 2.50 bits per heavy atom. The number of hydrogen-bond acceptors (Lipinski definition) is 4. The molecule has 2 N–H and O–H groups in total. The molecule has 106 valence electrons. The van der Waals surface area contributed by atoms with E-state index in [0.29, 0.717) is 23.6 Å². The van der Waals surface area contributed by atoms with Gasteiger partial charge in [0, 0.05) is 18.2 Å². The van der Waals surface area contributed by atoms with Crippen molar-refractivity contribution in [2.45, 2.75) is 26.4 Å². The van der Waals surface area contributed by atoms with E-state index in [1.165, 1.54) is 7.11 Å². The van der Waals surface area contributed by atoms with E-state index in [1.54, 1.807) is 23.0 Å². The van der Waals surface area contributed by atoms with Gasteiger partial charge in [0.15, 0.2) is 11.4 Å². The van der Waals surface area contributed by atoms with Crippen LogP contribution < -0.4 is 10.5 Å². The molecular formula is C15H19N3O2. The van der Waals surface area contributed by atoms with Crippen LogP contribution in [-0.2, 0) is 6.54 Å². The molecule has 0 bridgehead atoms. The van der Waals surface area contributed by atoms with E-state index < -0.39 is 0 Å². The fraction of sp³-hybridized carbons (Fsp3) is 0.333. The van der Waals surface area contributed by atoms with Crippen molar-refractivity contribution in [2.75, 3.05) is 7.11 Å². The Morgan fingerprint density at radius 2 is 2.00 bits per heavy atom. The van der Waals surface area contributed by atoms with Crippen molar-refractivity contribution >= 4 is 5.78 Å². The summed E-state index contributed by atoms with van der Waals surface area (Å²) < 4.78 is 6.92. The Balaban J connectivity index is 2.43. The van der Waals surface area contributed by atoms with Gasteiger partial charge in [0.2, 0.25) is 5.78 Å². The van der Waals surface area contributed by atoms with Crippen LogP contribution >= 0.6 is 0 Å². The smallest absolute Gasteiger partial charge is 0.214 e. The number of rotatable bonds is 5. The summed E-state index contributed by atoms with van der Waals surface area (Å²) in [5.74, 6) is 0.392. The highest BCUT2D eigenvalue weighted by Gasteiger charge is 2.22. The molecule has 1 aromatic heterocycles. The van der Waals surface area contributed by atoms with Crippen LogP contribution in [0, 0.1) is 0 Å². The van der Waals surface area contributed by atoms with Crippen LogP contribution in [0.2, 0.25) is 0 Å². The molecule has 5 heteroatoms. The highest BCUT2D eigenvalue weighted by Crippen LogP contribution is 2.24. The van der Waals surface area contributed by atoms with Gasteiger partial charge >= 0.3 is 0 Å². The number of nitrogens with two attached hydrogens (primary N) is 1. The summed E-state index contributed by atoms with van der Waals surface area (Å²) in [6.45, 7) is 4.41. The molecule has 0 spiro atoms. The molecular weight excluding hydrogens is 254 g/mol. The van der Waals surface area contributed by atoms with Crippen molar-refractivity contribution in [3.8, 4) is 5.75 Å². The minimum Gasteiger partial charge on any atom is -0.493 e. The van der Waals surface area contributed by atoms with Crippen molar-refractivity contribution < 1.29 is 9.53 Å². The number of nitrogens with zero attached hydrogens (tertiary/aromatic N) is 2. The van der Waals surface area contributed by atoms with Crippen LogP contribution in [-0.4, -0.2) is 22.7 Å². The number of ketones is 1. The number of benzene rings is 1. The average Bonchev–Trinajstić information content (AvgIpc) is 2.90. The van der Waals surface area contributed by atoms with E-state index in [4.69, 9.17) is 10.5 Å². The van der Waals surface area contributed by atoms with Crippen LogP contribution in [0.15, 0.2) is 30.5 Å². The van der Waals surface area contributed by atoms with E-state index in [0.717, 1.165) is 5.56 Å². The highest BCUT2D eigenvalue weighted by molar-refractivity contribution is 6.09. The molecule has 1 heterocycles. The lowest BCUT2D eigenvalue weighted by molar-refractivity contribution is 0.102. The number of carbonyl (C=O) groups excluding carboxylic acids is 1. The second kappa shape index (κ2) is 5.88. The third kappa shape index (κ3) is 2.58. The molecule has 0 radical (unpaired) electrons. The maximum atomic E-state index is 12.6. The summed E-state index contributed by atoms with van der Waals surface area (Å²) in [6.07, 6.45) is 1.57. The molecule has 0 aliphatic rings. The molecule has 0 aliphatic heterocycles. The number of aromatic nitrogens is 2. The van der Waals surface area contributed by atoms with Crippen molar-refractivity contribution in [1.82, 2.24) is 9.78 Å². The Bertz CT molecular complexity index is 600. The van der Waals surface area contributed by atoms with Crippen molar-refractivity contribution in [3.05, 3.63) is 47.3 Å². The summed E-state index contributed by atoms with van der Waals surface area (Å²) in [6, 6.07) is 7.36. The van der Waals surface area contributed by atoms with Crippen molar-refractivity contribution in [3.63, 3.8) is 0 Å². The summed E-state index contributed by atoms with van der Waals surface area (Å²) in [5.41, 5.74) is 7.63. The second-order valence-corrected chi connectivity index (χ2v) is 4.83. The number of ether oxygens (including phenoxy) is 1. The van der Waals surface area contributed by atoms with Gasteiger partial charge < -0.3 is 10.5 Å². The van der Waals surface area contributed by atoms with Gasteiger partial charge in [-0.25, -0.2) is 0 Å². The van der Waals surface area contributed by atoms with Crippen molar-refractivity contribution in [2.24, 2.45) is 5.73 Å². The lowest BCUT2D eigenvalue weighted by atomic mass is 10.1. The molecule has 2 rings (SSSR count). The molecule has 0 atom stereocenters. The third-order valence-electron chi connectivity index (χ3n) is 3.14. The van der Waals surface area contributed by atoms with Crippen LogP contribution in [0.5, 0.6) is 5.75 Å². The van der Waals surface area contributed by atoms with Crippen LogP contribution in [0.1, 0.15) is 41.5 Å². The van der Waals surface area contributed by atoms with Gasteiger partial charge in [0.05, 0.1) is 13.3 Å². The molecule has 0 aliphatic carbocycles. The summed E-state index contributed by atoms with van der Waals surface area (Å²) in [7, 11) is 1.54. The standard InChI is InChI=1S/C15H19N3O2/c1-10(2)18-14(13(20-3)9-17-18)15(19)12-6-4-11(8-16)5-7-12/h4-7,9-10H,8,16H2,1-3H3. The van der Waals surface area contributed by atoms with E-state index in [-0.39, 0.29) is 11.8 Å². The molecule has 0 saturated heterocycles. The topological polar surface area (TPSA) is 70.1 Å². The van der Waals surface area contributed by atoms with Crippen LogP contribution in [0.4, 0.5) is 0 Å². The maximum Gasteiger partial charge on any atom is 0.214 e. The van der Waals surface area contributed by atoms with E-state index in [9.17, 15) is 4.79 Å². The minimum absolute atomic E-state index is 0.0844. The maximum absolute atomic E-state index is 12.6. The predicted octanol–water partition coefficient (Wildman–Crippen LogP) is 2.16. The fourth-order valence-corrected chi connectivity index (χ4v) is 2.03. The van der Waals surface area contributed by atoms with Crippen LogP contribution in [0.3, 0.4) is 0 Å². The molecule has 20 heavy (non-hydrogen) atoms. The molecule has 0 fully saturated rings. The van der Waals surface area contributed by atoms with Gasteiger partial charge in [-0.2, -0.15) is 5.10 Å². The SMILES string of the molecule is COc1cnn(C(C)C)c1C(=O)c1ccc(CN)cc1. The van der Waals surface area contributed by atoms with E-state index in [2.05, 4.69) is 5.10 Å². The zero-order valence-electron chi connectivity index (χ0n) is 12.0. The van der Waals surface area contributed by atoms with Gasteiger partial charge in [0.25, 0.3) is 0 Å². The highest BCUT2D eigenvalue weighted by atomic mass is 16.5. The van der Waals surface area contributed by atoms with Gasteiger partial charge in [-0.05, 0) is 19.4 Å². The number of hydrogen-bond donors (Lipinski definition) is 1. The quantitative estimate of drug-likeness (QED) is 0.847. The van der Waals surface area contributed by atoms with Gasteiger partial charge in [-0.1, -0.05) is 24.3 Å². The normalized spacial score (nSPS) is 10.8. The number of methoxy groups -OCH3 is 1. The monoisotopic (exact) mass is 273 g/mol. The first-order valence-corrected chi connectivity index (χ1v) is 6.53. The van der Waals surface area contributed by atoms with Crippen LogP contribution in [0.25, 0.3) is 0 Å². The first-order valence-electron chi connectivity index (χ1n) is 6.53. The molecule has 1 aromatic carbocycles. The average molecular weight is 273 g/mol. The Hall–Kier alpha value is -2.14. The molecule has 0 saturated carbocycles. The summed E-state index contributed by atoms with van der Waals surface area (Å²) in [4.78, 5) is 12.6. The third-order valence-corrected chi connectivity index (χ3v) is 3.14. The van der Waals surface area contributed by atoms with Crippen molar-refractivity contribution in [1.29, 1.82) is 0 Å². The predicted molar refractivity (Wildman–Crippen MR) is 76.9 cm³/mol. The van der Waals surface area contributed by atoms with Gasteiger partial charge in [-0.15, -0.1) is 0 Å². The Labute approximate surface area is 118 Å². The molecule has 0 unspecified atom stereocenters. The largest absolute Gasteiger partial charge is 0.493 e. The zero-order valence-corrected chi connectivity index (χ0v) is 12.0. The molecule has 5 nitrogen and oxygen atoms in total. The number of carbonyl (C=O) groups is 1. The van der Waals surface area contributed by atoms with Gasteiger partial charge in [-0.3, -0.25) is 9.48 Å². The van der Waals surface area contributed by atoms with Gasteiger partial charge in [0.1, 0.15) is 0 Å². The lowest BCUT2D eigenvalue weighted by Crippen LogP contribution is -2.14. The molecule has 0 amide bonds. The van der Waals surface area contributed by atoms with E-state index >= 15 is 0 Å². The fourth-order valence-electron chi connectivity index (χ4n) is 2.03. The first-order chi connectivity index (χ1) is 9.58. The molecule has 2 aromatic rings. The minimum atomic E-state index is -0.100. The Morgan fingerprint density at radius 1 is 1.35 bits per heavy atom. The summed E-state index contributed by atoms with van der Waals surface area (Å²) >= 11 is 0. The summed E-state index contributed by atoms with van der Waals surface area (Å²) in [5, 5.41) is 4.22. The van der Waals surface area contributed by atoms with E-state index in [1.807, 2.05) is 26.0 Å². The lowest BCUT2D eigenvalue weighted by Gasteiger charge is -2.11. The second-order valence-electron chi connectivity index (χ2n) is 4.83.